The number of sulfonamides is 1. The number of methoxy groups -OCH3 is 1. The maximum atomic E-state index is 12.7. The van der Waals surface area contributed by atoms with Gasteiger partial charge in [-0.3, -0.25) is 9.36 Å². The molecule has 1 aliphatic rings. The smallest absolute Gasteiger partial charge is 0.262 e. The molecule has 2 heterocycles. The minimum Gasteiger partial charge on any atom is -0.480 e. The summed E-state index contributed by atoms with van der Waals surface area (Å²) >= 11 is 0. The van der Waals surface area contributed by atoms with E-state index in [4.69, 9.17) is 10.5 Å². The summed E-state index contributed by atoms with van der Waals surface area (Å²) in [6, 6.07) is 6.56. The van der Waals surface area contributed by atoms with E-state index in [1.165, 1.54) is 23.9 Å². The van der Waals surface area contributed by atoms with Crippen LogP contribution in [0, 0.1) is 0 Å². The molecule has 0 unspecified atom stereocenters. The molecule has 0 spiro atoms. The average Bonchev–Trinajstić information content (AvgIpc) is 3.51. The molecule has 0 amide bonds. The van der Waals surface area contributed by atoms with Crippen LogP contribution >= 0.6 is 0 Å². The van der Waals surface area contributed by atoms with Gasteiger partial charge in [-0.05, 0) is 43.5 Å². The molecule has 0 atom stereocenters. The van der Waals surface area contributed by atoms with Crippen molar-refractivity contribution in [3.05, 3.63) is 40.8 Å². The van der Waals surface area contributed by atoms with Gasteiger partial charge in [-0.15, -0.1) is 0 Å². The van der Waals surface area contributed by atoms with Gasteiger partial charge in [0.25, 0.3) is 5.56 Å². The van der Waals surface area contributed by atoms with Gasteiger partial charge in [0, 0.05) is 24.3 Å². The van der Waals surface area contributed by atoms with Crippen LogP contribution in [0.3, 0.4) is 0 Å². The molecule has 1 saturated carbocycles. The highest BCUT2D eigenvalue weighted by atomic mass is 32.2. The molecule has 3 aromatic rings. The minimum absolute atomic E-state index is 0.0190. The van der Waals surface area contributed by atoms with E-state index in [9.17, 15) is 13.2 Å². The monoisotopic (exact) mass is 415 g/mol. The first-order valence-corrected chi connectivity index (χ1v) is 10.7. The quantitative estimate of drug-likeness (QED) is 0.624. The number of benzene rings is 1. The zero-order valence-electron chi connectivity index (χ0n) is 16.0. The van der Waals surface area contributed by atoms with Crippen LogP contribution in [-0.4, -0.2) is 36.1 Å². The number of pyridine rings is 1. The first-order valence-electron chi connectivity index (χ1n) is 9.21. The molecule has 0 radical (unpaired) electrons. The lowest BCUT2D eigenvalue weighted by molar-refractivity contribution is 0.385. The van der Waals surface area contributed by atoms with E-state index in [2.05, 4.69) is 14.7 Å². The third-order valence-corrected chi connectivity index (χ3v) is 6.35. The predicted molar refractivity (Wildman–Crippen MR) is 109 cm³/mol. The number of nitrogens with one attached hydrogen (secondary N) is 1. The second kappa shape index (κ2) is 7.12. The molecule has 4 rings (SSSR count). The number of nitrogens with two attached hydrogens (primary N) is 1. The lowest BCUT2D eigenvalue weighted by Gasteiger charge is -2.12. The van der Waals surface area contributed by atoms with Crippen molar-refractivity contribution in [3.8, 4) is 17.0 Å². The van der Waals surface area contributed by atoms with Crippen LogP contribution < -0.4 is 20.8 Å². The maximum Gasteiger partial charge on any atom is 0.262 e. The van der Waals surface area contributed by atoms with Crippen LogP contribution in [0.2, 0.25) is 0 Å². The number of fused-ring (bicyclic) bond motifs is 1. The molecule has 0 bridgehead atoms. The Hall–Kier alpha value is -2.98. The highest BCUT2D eigenvalue weighted by molar-refractivity contribution is 7.89. The van der Waals surface area contributed by atoms with E-state index in [-0.39, 0.29) is 28.3 Å². The number of ether oxygens (including phenoxy) is 1. The predicted octanol–water partition coefficient (Wildman–Crippen LogP) is 1.51. The highest BCUT2D eigenvalue weighted by Crippen LogP contribution is 2.30. The number of hydrogen-bond donors (Lipinski definition) is 2. The lowest BCUT2D eigenvalue weighted by Crippen LogP contribution is -2.26. The molecular weight excluding hydrogens is 394 g/mol. The van der Waals surface area contributed by atoms with Gasteiger partial charge < -0.3 is 10.5 Å². The second-order valence-corrected chi connectivity index (χ2v) is 8.56. The molecule has 152 valence electrons. The standard InChI is InChI=1S/C19H21N5O4S/c1-3-24-18(25)14-8-11(4-7-15(14)22-19(24)20)12-9-16(17(28-2)21-10-12)29(26,27)23-13-5-6-13/h4,7-10,13,23H,3,5-6H2,1-2H3,(H2,20,22). The van der Waals surface area contributed by atoms with Crippen molar-refractivity contribution in [2.24, 2.45) is 0 Å². The normalized spacial score (nSPS) is 14.3. The summed E-state index contributed by atoms with van der Waals surface area (Å²) in [7, 11) is -2.40. The van der Waals surface area contributed by atoms with Crippen LogP contribution in [0.1, 0.15) is 19.8 Å². The molecular formula is C19H21N5O4S. The molecule has 29 heavy (non-hydrogen) atoms. The fourth-order valence-corrected chi connectivity index (χ4v) is 4.59. The summed E-state index contributed by atoms with van der Waals surface area (Å²) in [6.07, 6.45) is 3.15. The van der Waals surface area contributed by atoms with E-state index in [0.717, 1.165) is 12.8 Å². The van der Waals surface area contributed by atoms with Gasteiger partial charge in [-0.2, -0.15) is 0 Å². The third kappa shape index (κ3) is 3.56. The summed E-state index contributed by atoms with van der Waals surface area (Å²) in [5.41, 5.74) is 7.26. The number of aromatic nitrogens is 3. The largest absolute Gasteiger partial charge is 0.480 e. The fourth-order valence-electron chi connectivity index (χ4n) is 3.14. The SMILES string of the molecule is CCn1c(N)nc2ccc(-c3cnc(OC)c(S(=O)(=O)NC4CC4)c3)cc2c1=O. The Morgan fingerprint density at radius 3 is 2.69 bits per heavy atom. The van der Waals surface area contributed by atoms with Gasteiger partial charge in [-0.1, -0.05) is 6.07 Å². The van der Waals surface area contributed by atoms with Crippen LogP contribution in [-0.2, 0) is 16.6 Å². The van der Waals surface area contributed by atoms with E-state index in [1.807, 2.05) is 6.92 Å². The Morgan fingerprint density at radius 1 is 1.28 bits per heavy atom. The Labute approximate surface area is 167 Å². The molecule has 10 heteroatoms. The Balaban J connectivity index is 1.85. The Bertz CT molecular complexity index is 1270. The molecule has 2 aromatic heterocycles. The van der Waals surface area contributed by atoms with Crippen LogP contribution in [0.25, 0.3) is 22.0 Å². The summed E-state index contributed by atoms with van der Waals surface area (Å²) in [5.74, 6) is 0.175. The molecule has 1 fully saturated rings. The van der Waals surface area contributed by atoms with E-state index >= 15 is 0 Å². The lowest BCUT2D eigenvalue weighted by atomic mass is 10.1. The molecule has 0 aliphatic heterocycles. The number of nitrogens with zero attached hydrogens (tertiary/aromatic N) is 3. The second-order valence-electron chi connectivity index (χ2n) is 6.88. The highest BCUT2D eigenvalue weighted by Gasteiger charge is 2.30. The first kappa shape index (κ1) is 19.3. The van der Waals surface area contributed by atoms with Crippen LogP contribution in [0.15, 0.2) is 40.2 Å². The Kier molecular flexibility index (Phi) is 4.75. The topological polar surface area (TPSA) is 129 Å². The fraction of sp³-hybridized carbons (Fsp3) is 0.316. The van der Waals surface area contributed by atoms with Crippen molar-refractivity contribution >= 4 is 26.9 Å². The zero-order valence-corrected chi connectivity index (χ0v) is 16.9. The number of nitrogen functional groups attached to an aromatic ring is 1. The van der Waals surface area contributed by atoms with Gasteiger partial charge in [0.05, 0.1) is 18.0 Å². The van der Waals surface area contributed by atoms with Gasteiger partial charge in [-0.25, -0.2) is 23.1 Å². The molecule has 3 N–H and O–H groups in total. The van der Waals surface area contributed by atoms with Crippen molar-refractivity contribution in [2.45, 2.75) is 37.2 Å². The van der Waals surface area contributed by atoms with E-state index in [0.29, 0.717) is 28.6 Å². The number of anilines is 1. The summed E-state index contributed by atoms with van der Waals surface area (Å²) in [6.45, 7) is 2.21. The number of rotatable bonds is 6. The molecule has 1 aliphatic carbocycles. The van der Waals surface area contributed by atoms with Crippen LogP contribution in [0.5, 0.6) is 5.88 Å². The van der Waals surface area contributed by atoms with Crippen molar-refractivity contribution in [3.63, 3.8) is 0 Å². The first-order chi connectivity index (χ1) is 13.8. The van der Waals surface area contributed by atoms with Gasteiger partial charge in [0.1, 0.15) is 4.90 Å². The zero-order chi connectivity index (χ0) is 20.8. The van der Waals surface area contributed by atoms with Gasteiger partial charge in [0.15, 0.2) is 0 Å². The summed E-state index contributed by atoms with van der Waals surface area (Å²) in [5, 5.41) is 0.398. The van der Waals surface area contributed by atoms with E-state index in [1.54, 1.807) is 18.2 Å². The van der Waals surface area contributed by atoms with Gasteiger partial charge >= 0.3 is 0 Å². The maximum absolute atomic E-state index is 12.7. The summed E-state index contributed by atoms with van der Waals surface area (Å²) in [4.78, 5) is 21.1. The van der Waals surface area contributed by atoms with Crippen molar-refractivity contribution in [2.75, 3.05) is 12.8 Å². The molecule has 1 aromatic carbocycles. The van der Waals surface area contributed by atoms with Crippen molar-refractivity contribution < 1.29 is 13.2 Å². The van der Waals surface area contributed by atoms with Crippen molar-refractivity contribution in [1.82, 2.24) is 19.3 Å². The third-order valence-electron chi connectivity index (χ3n) is 4.83. The van der Waals surface area contributed by atoms with Crippen LogP contribution in [0.4, 0.5) is 5.95 Å². The van der Waals surface area contributed by atoms with E-state index < -0.39 is 10.0 Å². The molecule has 9 nitrogen and oxygen atoms in total. The van der Waals surface area contributed by atoms with Crippen molar-refractivity contribution in [1.29, 1.82) is 0 Å². The Morgan fingerprint density at radius 2 is 2.03 bits per heavy atom. The minimum atomic E-state index is -3.77. The van der Waals surface area contributed by atoms with Gasteiger partial charge in [0.2, 0.25) is 21.9 Å². The average molecular weight is 415 g/mol. The summed E-state index contributed by atoms with van der Waals surface area (Å²) < 4.78 is 34.6. The number of hydrogen-bond acceptors (Lipinski definition) is 7. The molecule has 0 saturated heterocycles.